The maximum absolute atomic E-state index is 14.2. The number of carbonyl (C=O) groups is 1. The first-order valence-corrected chi connectivity index (χ1v) is 10.6. The van der Waals surface area contributed by atoms with Gasteiger partial charge >= 0.3 is 0 Å². The largest absolute Gasteiger partial charge is 0.390 e. The molecule has 1 aliphatic carbocycles. The average Bonchev–Trinajstić information content (AvgIpc) is 3.12. The van der Waals surface area contributed by atoms with Gasteiger partial charge in [0.1, 0.15) is 11.6 Å². The summed E-state index contributed by atoms with van der Waals surface area (Å²) >= 11 is 12.1. The Morgan fingerprint density at radius 1 is 1.13 bits per heavy atom. The summed E-state index contributed by atoms with van der Waals surface area (Å²) in [6.45, 7) is 0.323. The van der Waals surface area contributed by atoms with E-state index in [-0.39, 0.29) is 36.6 Å². The Morgan fingerprint density at radius 2 is 1.93 bits per heavy atom. The Bertz CT molecular complexity index is 995. The summed E-state index contributed by atoms with van der Waals surface area (Å²) in [7, 11) is 0. The van der Waals surface area contributed by atoms with E-state index >= 15 is 0 Å². The quantitative estimate of drug-likeness (QED) is 0.572. The summed E-state index contributed by atoms with van der Waals surface area (Å²) in [4.78, 5) is 20.1. The van der Waals surface area contributed by atoms with Crippen LogP contribution in [0.25, 0.3) is 0 Å². The second kappa shape index (κ2) is 8.90. The molecule has 1 saturated carbocycles. The molecule has 0 radical (unpaired) electrons. The van der Waals surface area contributed by atoms with Crippen molar-refractivity contribution in [3.8, 4) is 0 Å². The molecule has 1 amide bonds. The molecular weight excluding hydrogens is 433 g/mol. The van der Waals surface area contributed by atoms with Gasteiger partial charge in [-0.1, -0.05) is 46.9 Å². The lowest BCUT2D eigenvalue weighted by Gasteiger charge is -2.32. The van der Waals surface area contributed by atoms with Gasteiger partial charge in [-0.3, -0.25) is 4.79 Å². The maximum Gasteiger partial charge on any atom is 0.226 e. The molecule has 0 bridgehead atoms. The van der Waals surface area contributed by atoms with E-state index in [2.05, 4.69) is 5.16 Å². The van der Waals surface area contributed by atoms with Gasteiger partial charge in [0.2, 0.25) is 5.91 Å². The van der Waals surface area contributed by atoms with Crippen LogP contribution in [0.5, 0.6) is 0 Å². The zero-order valence-electron chi connectivity index (χ0n) is 16.1. The van der Waals surface area contributed by atoms with Crippen molar-refractivity contribution in [1.82, 2.24) is 4.90 Å². The topological polar surface area (TPSA) is 41.9 Å². The van der Waals surface area contributed by atoms with E-state index in [4.69, 9.17) is 28.0 Å². The number of nitrogens with zero attached hydrogens (tertiary/aromatic N) is 2. The monoisotopic (exact) mass is 452 g/mol. The highest BCUT2D eigenvalue weighted by Crippen LogP contribution is 2.30. The summed E-state index contributed by atoms with van der Waals surface area (Å²) in [6.07, 6.45) is 2.80. The van der Waals surface area contributed by atoms with E-state index in [0.717, 1.165) is 30.9 Å². The molecule has 2 aliphatic rings. The molecule has 0 saturated heterocycles. The molecule has 0 N–H and O–H groups in total. The highest BCUT2D eigenvalue weighted by atomic mass is 35.5. The van der Waals surface area contributed by atoms with Crippen molar-refractivity contribution in [1.29, 1.82) is 0 Å². The first kappa shape index (κ1) is 21.1. The van der Waals surface area contributed by atoms with Crippen LogP contribution in [0.1, 0.15) is 36.8 Å². The zero-order chi connectivity index (χ0) is 21.3. The molecule has 30 heavy (non-hydrogen) atoms. The van der Waals surface area contributed by atoms with E-state index in [1.165, 1.54) is 12.1 Å². The van der Waals surface area contributed by atoms with Gasteiger partial charge in [0.25, 0.3) is 0 Å². The Morgan fingerprint density at radius 3 is 2.60 bits per heavy atom. The first-order chi connectivity index (χ1) is 14.4. The molecule has 1 heterocycles. The van der Waals surface area contributed by atoms with Crippen LogP contribution in [0, 0.1) is 17.6 Å². The van der Waals surface area contributed by atoms with Crippen LogP contribution in [-0.2, 0) is 16.2 Å². The minimum atomic E-state index is -0.665. The predicted molar refractivity (Wildman–Crippen MR) is 112 cm³/mol. The Balaban J connectivity index is 1.46. The lowest BCUT2D eigenvalue weighted by atomic mass is 9.84. The molecule has 1 atom stereocenters. The number of hydrogen-bond acceptors (Lipinski definition) is 3. The van der Waals surface area contributed by atoms with E-state index in [1.54, 1.807) is 17.0 Å². The van der Waals surface area contributed by atoms with Crippen molar-refractivity contribution in [3.05, 3.63) is 69.2 Å². The summed E-state index contributed by atoms with van der Waals surface area (Å²) < 4.78 is 27.4. The van der Waals surface area contributed by atoms with Gasteiger partial charge in [0.05, 0.1) is 22.3 Å². The molecule has 4 nitrogen and oxygen atoms in total. The zero-order valence-corrected chi connectivity index (χ0v) is 17.6. The van der Waals surface area contributed by atoms with Gasteiger partial charge in [-0.05, 0) is 31.0 Å². The average molecular weight is 453 g/mol. The van der Waals surface area contributed by atoms with Gasteiger partial charge in [0, 0.05) is 36.1 Å². The van der Waals surface area contributed by atoms with Crippen molar-refractivity contribution < 1.29 is 18.4 Å². The minimum Gasteiger partial charge on any atom is -0.390 e. The van der Waals surface area contributed by atoms with Gasteiger partial charge in [0.15, 0.2) is 6.10 Å². The third kappa shape index (κ3) is 4.60. The highest BCUT2D eigenvalue weighted by Gasteiger charge is 2.33. The third-order valence-electron chi connectivity index (χ3n) is 5.55. The van der Waals surface area contributed by atoms with Gasteiger partial charge in [-0.25, -0.2) is 8.78 Å². The fourth-order valence-electron chi connectivity index (χ4n) is 3.62. The molecule has 0 unspecified atom stereocenters. The molecule has 1 fully saturated rings. The number of benzene rings is 2. The summed E-state index contributed by atoms with van der Waals surface area (Å²) in [6, 6.07) is 8.63. The lowest BCUT2D eigenvalue weighted by Crippen LogP contribution is -2.42. The van der Waals surface area contributed by atoms with Crippen molar-refractivity contribution in [2.24, 2.45) is 11.1 Å². The molecule has 0 spiro atoms. The van der Waals surface area contributed by atoms with Crippen LogP contribution >= 0.6 is 23.2 Å². The number of halogens is 4. The van der Waals surface area contributed by atoms with Crippen molar-refractivity contribution >= 4 is 34.8 Å². The Hall–Kier alpha value is -2.18. The molecule has 1 aliphatic heterocycles. The van der Waals surface area contributed by atoms with Crippen molar-refractivity contribution in [3.63, 3.8) is 0 Å². The van der Waals surface area contributed by atoms with Crippen molar-refractivity contribution in [2.75, 3.05) is 6.54 Å². The number of rotatable bonds is 6. The fourth-order valence-corrected chi connectivity index (χ4v) is 3.92. The van der Waals surface area contributed by atoms with Crippen LogP contribution in [0.2, 0.25) is 10.0 Å². The molecule has 158 valence electrons. The number of oxime groups is 1. The lowest BCUT2D eigenvalue weighted by molar-refractivity contribution is -0.140. The SMILES string of the molecule is O=C(C1CCC1)N(Cc1ccc(F)cc1F)C[C@@H]1CC(c2ccc(Cl)c(Cl)c2)=NO1. The molecule has 4 rings (SSSR count). The molecule has 8 heteroatoms. The van der Waals surface area contributed by atoms with E-state index in [1.807, 2.05) is 6.07 Å². The van der Waals surface area contributed by atoms with E-state index in [0.29, 0.717) is 22.2 Å². The highest BCUT2D eigenvalue weighted by molar-refractivity contribution is 6.42. The van der Waals surface area contributed by atoms with Gasteiger partial charge in [-0.2, -0.15) is 0 Å². The molecule has 2 aromatic rings. The number of carbonyl (C=O) groups excluding carboxylic acids is 1. The van der Waals surface area contributed by atoms with Gasteiger partial charge < -0.3 is 9.74 Å². The van der Waals surface area contributed by atoms with Crippen molar-refractivity contribution in [2.45, 2.75) is 38.3 Å². The minimum absolute atomic E-state index is 0.0310. The standard InChI is InChI=1S/C22H20Cl2F2N2O2/c23-18-7-5-14(8-19(18)24)21-10-17(30-27-21)12-28(22(29)13-2-1-3-13)11-15-4-6-16(25)9-20(15)26/h4-9,13,17H,1-3,10-12H2/t17-/m0/s1. The van der Waals surface area contributed by atoms with Crippen LogP contribution in [0.4, 0.5) is 8.78 Å². The van der Waals surface area contributed by atoms with Crippen LogP contribution in [0.15, 0.2) is 41.6 Å². The predicted octanol–water partition coefficient (Wildman–Crippen LogP) is 5.59. The van der Waals surface area contributed by atoms with Crippen LogP contribution < -0.4 is 0 Å². The van der Waals surface area contributed by atoms with E-state index in [9.17, 15) is 13.6 Å². The summed E-state index contributed by atoms with van der Waals surface area (Å²) in [5.74, 6) is -1.39. The fraction of sp³-hybridized carbons (Fsp3) is 0.364. The normalized spacial score (nSPS) is 18.5. The second-order valence-corrected chi connectivity index (χ2v) is 8.50. The van der Waals surface area contributed by atoms with Crippen LogP contribution in [0.3, 0.4) is 0 Å². The smallest absolute Gasteiger partial charge is 0.226 e. The Labute approximate surface area is 183 Å². The summed E-state index contributed by atoms with van der Waals surface area (Å²) in [5.41, 5.74) is 1.78. The second-order valence-electron chi connectivity index (χ2n) is 7.68. The molecule has 2 aromatic carbocycles. The molecular formula is C22H20Cl2F2N2O2. The van der Waals surface area contributed by atoms with Gasteiger partial charge in [-0.15, -0.1) is 0 Å². The number of hydrogen-bond donors (Lipinski definition) is 0. The third-order valence-corrected chi connectivity index (χ3v) is 6.29. The number of amides is 1. The molecule has 0 aromatic heterocycles. The van der Waals surface area contributed by atoms with E-state index < -0.39 is 11.6 Å². The van der Waals surface area contributed by atoms with Crippen LogP contribution in [-0.4, -0.2) is 29.2 Å². The Kier molecular flexibility index (Phi) is 6.25. The summed E-state index contributed by atoms with van der Waals surface area (Å²) in [5, 5.41) is 5.02. The first-order valence-electron chi connectivity index (χ1n) is 9.81. The maximum atomic E-state index is 14.2.